The number of carbonyl (C=O) groups is 1. The van der Waals surface area contributed by atoms with Crippen molar-refractivity contribution in [3.63, 3.8) is 0 Å². The molecule has 1 amide bonds. The minimum absolute atomic E-state index is 0.101. The summed E-state index contributed by atoms with van der Waals surface area (Å²) in [5, 5.41) is 5.62. The van der Waals surface area contributed by atoms with Crippen LogP contribution in [0, 0.1) is 0 Å². The van der Waals surface area contributed by atoms with Gasteiger partial charge in [0.25, 0.3) is 16.4 Å². The number of nitrogens with zero attached hydrogens (tertiary/aromatic N) is 4. The number of amides is 1. The highest BCUT2D eigenvalue weighted by molar-refractivity contribution is 7.91. The van der Waals surface area contributed by atoms with Gasteiger partial charge >= 0.3 is 0 Å². The first-order valence-electron chi connectivity index (χ1n) is 9.03. The molecule has 7 nitrogen and oxygen atoms in total. The second kappa shape index (κ2) is 7.53. The van der Waals surface area contributed by atoms with Gasteiger partial charge in [0.1, 0.15) is 16.4 Å². The van der Waals surface area contributed by atoms with Gasteiger partial charge in [0.05, 0.1) is 0 Å². The van der Waals surface area contributed by atoms with Crippen molar-refractivity contribution in [1.82, 2.24) is 19.0 Å². The molecule has 1 saturated carbocycles. The van der Waals surface area contributed by atoms with E-state index in [1.165, 1.54) is 15.1 Å². The van der Waals surface area contributed by atoms with Crippen molar-refractivity contribution in [2.75, 3.05) is 26.2 Å². The molecule has 1 aliphatic heterocycles. The zero-order valence-corrected chi connectivity index (χ0v) is 16.6. The lowest BCUT2D eigenvalue weighted by Crippen LogP contribution is -2.51. The number of sulfonamides is 1. The van der Waals surface area contributed by atoms with Crippen LogP contribution in [0.5, 0.6) is 0 Å². The maximum Gasteiger partial charge on any atom is 0.282 e. The minimum atomic E-state index is -3.53. The summed E-state index contributed by atoms with van der Waals surface area (Å²) in [7, 11) is -3.53. The molecule has 3 heterocycles. The van der Waals surface area contributed by atoms with Gasteiger partial charge in [0.15, 0.2) is 0 Å². The van der Waals surface area contributed by atoms with Crippen LogP contribution in [0.1, 0.15) is 36.6 Å². The van der Waals surface area contributed by atoms with Gasteiger partial charge in [-0.05, 0) is 30.4 Å². The first-order valence-corrected chi connectivity index (χ1v) is 11.4. The Bertz CT molecular complexity index is 947. The van der Waals surface area contributed by atoms with Crippen molar-refractivity contribution in [1.29, 1.82) is 0 Å². The zero-order chi connectivity index (χ0) is 19.9. The summed E-state index contributed by atoms with van der Waals surface area (Å²) < 4.78 is 54.1. The third-order valence-corrected chi connectivity index (χ3v) is 8.29. The first kappa shape index (κ1) is 19.5. The number of piperazine rings is 1. The molecule has 0 N–H and O–H groups in total. The third-order valence-electron chi connectivity index (χ3n) is 5.01. The lowest BCUT2D eigenvalue weighted by Gasteiger charge is -2.33. The van der Waals surface area contributed by atoms with Crippen LogP contribution in [-0.4, -0.2) is 59.5 Å². The molecule has 0 atom stereocenters. The average molecular weight is 431 g/mol. The molecule has 2 aromatic heterocycles. The van der Waals surface area contributed by atoms with Crippen LogP contribution >= 0.6 is 11.3 Å². The Kier molecular flexibility index (Phi) is 5.23. The monoisotopic (exact) mass is 430 g/mol. The molecule has 152 valence electrons. The Balaban J connectivity index is 1.40. The van der Waals surface area contributed by atoms with Crippen molar-refractivity contribution in [2.45, 2.75) is 35.9 Å². The van der Waals surface area contributed by atoms with Gasteiger partial charge in [-0.1, -0.05) is 6.07 Å². The molecule has 28 heavy (non-hydrogen) atoms. The van der Waals surface area contributed by atoms with Gasteiger partial charge in [-0.15, -0.1) is 11.3 Å². The molecule has 4 rings (SSSR count). The van der Waals surface area contributed by atoms with Gasteiger partial charge in [-0.3, -0.25) is 9.48 Å². The van der Waals surface area contributed by atoms with E-state index in [4.69, 9.17) is 0 Å². The molecule has 0 radical (unpaired) electrons. The molecule has 1 saturated heterocycles. The van der Waals surface area contributed by atoms with E-state index < -0.39 is 16.4 Å². The Morgan fingerprint density at radius 2 is 1.96 bits per heavy atom. The Morgan fingerprint density at radius 1 is 1.25 bits per heavy atom. The maximum absolute atomic E-state index is 13.0. The molecule has 2 aromatic rings. The molecular formula is C17H20F2N4O3S2. The standard InChI is InChI=1S/C17H20F2N4O3S2/c18-17(19)13-10-14(12-3-4-12)23(20-13)11-15(24)21-5-7-22(8-6-21)28(25,26)16-2-1-9-27-16/h1-2,9-10,12,17H,3-8,11H2. The number of thiophene rings is 1. The Hall–Kier alpha value is -1.85. The highest BCUT2D eigenvalue weighted by Crippen LogP contribution is 2.41. The highest BCUT2D eigenvalue weighted by atomic mass is 32.2. The lowest BCUT2D eigenvalue weighted by molar-refractivity contribution is -0.133. The van der Waals surface area contributed by atoms with Crippen LogP contribution in [0.4, 0.5) is 8.78 Å². The Morgan fingerprint density at radius 3 is 2.54 bits per heavy atom. The predicted octanol–water partition coefficient (Wildman–Crippen LogP) is 2.29. The van der Waals surface area contributed by atoms with Crippen LogP contribution < -0.4 is 0 Å². The zero-order valence-electron chi connectivity index (χ0n) is 15.0. The summed E-state index contributed by atoms with van der Waals surface area (Å²) >= 11 is 1.16. The van der Waals surface area contributed by atoms with Crippen LogP contribution in [0.3, 0.4) is 0 Å². The number of aromatic nitrogens is 2. The molecule has 2 fully saturated rings. The van der Waals surface area contributed by atoms with Crippen LogP contribution in [0.2, 0.25) is 0 Å². The minimum Gasteiger partial charge on any atom is -0.338 e. The number of hydrogen-bond donors (Lipinski definition) is 0. The first-order chi connectivity index (χ1) is 13.4. The molecule has 0 unspecified atom stereocenters. The van der Waals surface area contributed by atoms with Gasteiger partial charge in [-0.25, -0.2) is 17.2 Å². The van der Waals surface area contributed by atoms with Crippen molar-refractivity contribution in [3.05, 3.63) is 35.0 Å². The largest absolute Gasteiger partial charge is 0.338 e. The van der Waals surface area contributed by atoms with E-state index in [-0.39, 0.29) is 54.5 Å². The van der Waals surface area contributed by atoms with Gasteiger partial charge in [0, 0.05) is 37.8 Å². The van der Waals surface area contributed by atoms with Crippen molar-refractivity contribution < 1.29 is 22.0 Å². The van der Waals surface area contributed by atoms with E-state index in [1.807, 2.05) is 0 Å². The number of halogens is 2. The fraction of sp³-hybridized carbons (Fsp3) is 0.529. The predicted molar refractivity (Wildman–Crippen MR) is 98.8 cm³/mol. The summed E-state index contributed by atoms with van der Waals surface area (Å²) in [6, 6.07) is 4.64. The van der Waals surface area contributed by atoms with E-state index in [1.54, 1.807) is 22.4 Å². The van der Waals surface area contributed by atoms with E-state index in [0.717, 1.165) is 24.2 Å². The molecule has 0 aromatic carbocycles. The van der Waals surface area contributed by atoms with Crippen LogP contribution in [0.25, 0.3) is 0 Å². The normalized spacial score (nSPS) is 18.8. The molecule has 1 aliphatic carbocycles. The van der Waals surface area contributed by atoms with Crippen molar-refractivity contribution in [2.24, 2.45) is 0 Å². The lowest BCUT2D eigenvalue weighted by atomic mass is 10.2. The van der Waals surface area contributed by atoms with Gasteiger partial charge in [0.2, 0.25) is 5.91 Å². The second-order valence-corrected chi connectivity index (χ2v) is 10.1. The molecule has 0 bridgehead atoms. The van der Waals surface area contributed by atoms with E-state index in [0.29, 0.717) is 5.69 Å². The summed E-state index contributed by atoms with van der Waals surface area (Å²) in [4.78, 5) is 14.2. The fourth-order valence-corrected chi connectivity index (χ4v) is 5.90. The molecule has 11 heteroatoms. The second-order valence-electron chi connectivity index (χ2n) is 6.94. The molecular weight excluding hydrogens is 410 g/mol. The third kappa shape index (κ3) is 3.83. The number of carbonyl (C=O) groups excluding carboxylic acids is 1. The summed E-state index contributed by atoms with van der Waals surface area (Å²) in [5.41, 5.74) is 0.379. The summed E-state index contributed by atoms with van der Waals surface area (Å²) in [6.45, 7) is 0.859. The quantitative estimate of drug-likeness (QED) is 0.705. The highest BCUT2D eigenvalue weighted by Gasteiger charge is 2.33. The topological polar surface area (TPSA) is 75.5 Å². The number of alkyl halides is 2. The van der Waals surface area contributed by atoms with Crippen LogP contribution in [0.15, 0.2) is 27.8 Å². The Labute approximate surface area is 165 Å². The molecule has 0 spiro atoms. The van der Waals surface area contributed by atoms with E-state index in [9.17, 15) is 22.0 Å². The number of rotatable bonds is 6. The number of hydrogen-bond acceptors (Lipinski definition) is 5. The average Bonchev–Trinajstić information content (AvgIpc) is 3.19. The maximum atomic E-state index is 13.0. The van der Waals surface area contributed by atoms with Gasteiger partial charge < -0.3 is 4.90 Å². The van der Waals surface area contributed by atoms with Gasteiger partial charge in [-0.2, -0.15) is 9.40 Å². The fourth-order valence-electron chi connectivity index (χ4n) is 3.34. The summed E-state index contributed by atoms with van der Waals surface area (Å²) in [6.07, 6.45) is -0.830. The van der Waals surface area contributed by atoms with Crippen LogP contribution in [-0.2, 0) is 21.4 Å². The smallest absolute Gasteiger partial charge is 0.282 e. The van der Waals surface area contributed by atoms with Crippen molar-refractivity contribution in [3.8, 4) is 0 Å². The SMILES string of the molecule is O=C(Cn1nc(C(F)F)cc1C1CC1)N1CCN(S(=O)(=O)c2cccs2)CC1. The summed E-state index contributed by atoms with van der Waals surface area (Å²) in [5.74, 6) is -0.0421. The molecule has 2 aliphatic rings. The van der Waals surface area contributed by atoms with E-state index in [2.05, 4.69) is 5.10 Å². The van der Waals surface area contributed by atoms with Crippen molar-refractivity contribution >= 4 is 27.3 Å². The van der Waals surface area contributed by atoms with E-state index >= 15 is 0 Å².